The minimum Gasteiger partial charge on any atom is -0.392 e. The Morgan fingerprint density at radius 3 is 2.93 bits per heavy atom. The molecule has 2 nitrogen and oxygen atoms in total. The topological polar surface area (TPSA) is 32.3 Å². The van der Waals surface area contributed by atoms with E-state index < -0.39 is 0 Å². The Bertz CT molecular complexity index is 312. The number of hydrogen-bond donors (Lipinski definition) is 2. The van der Waals surface area contributed by atoms with Crippen LogP contribution in [0.2, 0.25) is 5.02 Å². The van der Waals surface area contributed by atoms with Gasteiger partial charge in [0.15, 0.2) is 0 Å². The van der Waals surface area contributed by atoms with Crippen LogP contribution in [0.1, 0.15) is 12.0 Å². The van der Waals surface area contributed by atoms with Gasteiger partial charge in [-0.1, -0.05) is 23.7 Å². The molecule has 1 aromatic rings. The van der Waals surface area contributed by atoms with E-state index in [1.54, 1.807) is 12.1 Å². The standard InChI is InChI=1S/C11H14ClNO/c1-2-3-6-13-11-7-9(8-14)4-5-10(11)12/h2,4-5,7,13-14H,1,3,6,8H2. The van der Waals surface area contributed by atoms with Gasteiger partial charge in [-0.2, -0.15) is 0 Å². The Morgan fingerprint density at radius 2 is 2.29 bits per heavy atom. The van der Waals surface area contributed by atoms with Gasteiger partial charge in [0, 0.05) is 6.54 Å². The Balaban J connectivity index is 2.68. The van der Waals surface area contributed by atoms with Gasteiger partial charge < -0.3 is 10.4 Å². The molecule has 14 heavy (non-hydrogen) atoms. The Labute approximate surface area is 89.2 Å². The number of benzene rings is 1. The number of halogens is 1. The van der Waals surface area contributed by atoms with Crippen LogP contribution in [0.5, 0.6) is 0 Å². The zero-order valence-electron chi connectivity index (χ0n) is 7.96. The third kappa shape index (κ3) is 3.05. The van der Waals surface area contributed by atoms with Gasteiger partial charge >= 0.3 is 0 Å². The van der Waals surface area contributed by atoms with E-state index >= 15 is 0 Å². The van der Waals surface area contributed by atoms with Crippen molar-refractivity contribution < 1.29 is 5.11 Å². The van der Waals surface area contributed by atoms with E-state index in [2.05, 4.69) is 11.9 Å². The highest BCUT2D eigenvalue weighted by Gasteiger charge is 2.00. The lowest BCUT2D eigenvalue weighted by molar-refractivity contribution is 0.282. The maximum Gasteiger partial charge on any atom is 0.0682 e. The molecule has 0 fully saturated rings. The molecule has 76 valence electrons. The van der Waals surface area contributed by atoms with Gasteiger partial charge in [-0.3, -0.25) is 0 Å². The molecule has 0 bridgehead atoms. The maximum atomic E-state index is 8.94. The van der Waals surface area contributed by atoms with E-state index in [1.807, 2.05) is 12.1 Å². The summed E-state index contributed by atoms with van der Waals surface area (Å²) in [6.07, 6.45) is 2.73. The highest BCUT2D eigenvalue weighted by atomic mass is 35.5. The summed E-state index contributed by atoms with van der Waals surface area (Å²) in [6, 6.07) is 5.44. The SMILES string of the molecule is C=CCCNc1cc(CO)ccc1Cl. The van der Waals surface area contributed by atoms with Crippen LogP contribution < -0.4 is 5.32 Å². The van der Waals surface area contributed by atoms with Gasteiger partial charge in [0.2, 0.25) is 0 Å². The van der Waals surface area contributed by atoms with E-state index in [1.165, 1.54) is 0 Å². The Morgan fingerprint density at radius 1 is 1.50 bits per heavy atom. The number of aliphatic hydroxyl groups excluding tert-OH is 1. The molecular formula is C11H14ClNO. The van der Waals surface area contributed by atoms with Crippen molar-refractivity contribution in [1.82, 2.24) is 0 Å². The lowest BCUT2D eigenvalue weighted by atomic mass is 10.2. The van der Waals surface area contributed by atoms with Gasteiger partial charge in [-0.05, 0) is 24.1 Å². The minimum absolute atomic E-state index is 0.0350. The highest BCUT2D eigenvalue weighted by molar-refractivity contribution is 6.33. The first-order chi connectivity index (χ1) is 6.77. The van der Waals surface area contributed by atoms with Gasteiger partial charge in [0.1, 0.15) is 0 Å². The summed E-state index contributed by atoms with van der Waals surface area (Å²) in [5, 5.41) is 12.8. The number of rotatable bonds is 5. The predicted octanol–water partition coefficient (Wildman–Crippen LogP) is 2.82. The molecule has 0 spiro atoms. The summed E-state index contributed by atoms with van der Waals surface area (Å²) in [4.78, 5) is 0. The van der Waals surface area contributed by atoms with Crippen molar-refractivity contribution in [3.05, 3.63) is 41.4 Å². The van der Waals surface area contributed by atoms with Crippen molar-refractivity contribution in [2.75, 3.05) is 11.9 Å². The van der Waals surface area contributed by atoms with Crippen LogP contribution in [0.4, 0.5) is 5.69 Å². The second-order valence-corrected chi connectivity index (χ2v) is 3.38. The van der Waals surface area contributed by atoms with Crippen LogP contribution in [0, 0.1) is 0 Å². The summed E-state index contributed by atoms with van der Waals surface area (Å²) in [7, 11) is 0. The fourth-order valence-corrected chi connectivity index (χ4v) is 1.30. The molecule has 0 saturated carbocycles. The number of anilines is 1. The van der Waals surface area contributed by atoms with Crippen LogP contribution >= 0.6 is 11.6 Å². The van der Waals surface area contributed by atoms with E-state index in [0.29, 0.717) is 5.02 Å². The quantitative estimate of drug-likeness (QED) is 0.580. The summed E-state index contributed by atoms with van der Waals surface area (Å²) < 4.78 is 0. The van der Waals surface area contributed by atoms with Crippen molar-refractivity contribution >= 4 is 17.3 Å². The van der Waals surface area contributed by atoms with Crippen LogP contribution in [-0.2, 0) is 6.61 Å². The molecule has 0 amide bonds. The molecule has 0 aromatic heterocycles. The molecule has 1 rings (SSSR count). The average Bonchev–Trinajstić information content (AvgIpc) is 2.21. The van der Waals surface area contributed by atoms with E-state index in [9.17, 15) is 0 Å². The van der Waals surface area contributed by atoms with Crippen LogP contribution in [-0.4, -0.2) is 11.7 Å². The third-order valence-corrected chi connectivity index (χ3v) is 2.21. The van der Waals surface area contributed by atoms with Gasteiger partial charge in [0.25, 0.3) is 0 Å². The Kier molecular flexibility index (Phi) is 4.50. The molecule has 0 saturated heterocycles. The van der Waals surface area contributed by atoms with Crippen LogP contribution in [0.3, 0.4) is 0 Å². The van der Waals surface area contributed by atoms with Gasteiger partial charge in [-0.25, -0.2) is 0 Å². The first-order valence-electron chi connectivity index (χ1n) is 4.52. The van der Waals surface area contributed by atoms with E-state index in [0.717, 1.165) is 24.2 Å². The van der Waals surface area contributed by atoms with E-state index in [4.69, 9.17) is 16.7 Å². The lowest BCUT2D eigenvalue weighted by Crippen LogP contribution is -2.01. The highest BCUT2D eigenvalue weighted by Crippen LogP contribution is 2.22. The molecule has 2 N–H and O–H groups in total. The van der Waals surface area contributed by atoms with E-state index in [-0.39, 0.29) is 6.61 Å². The van der Waals surface area contributed by atoms with Crippen molar-refractivity contribution in [2.24, 2.45) is 0 Å². The molecule has 0 aliphatic heterocycles. The number of aliphatic hydroxyl groups is 1. The van der Waals surface area contributed by atoms with Crippen LogP contribution in [0.25, 0.3) is 0 Å². The molecule has 3 heteroatoms. The molecule has 1 aromatic carbocycles. The molecule has 0 atom stereocenters. The van der Waals surface area contributed by atoms with Crippen molar-refractivity contribution in [3.63, 3.8) is 0 Å². The van der Waals surface area contributed by atoms with Crippen molar-refractivity contribution in [3.8, 4) is 0 Å². The largest absolute Gasteiger partial charge is 0.392 e. The molecule has 0 radical (unpaired) electrons. The Hall–Kier alpha value is -0.990. The van der Waals surface area contributed by atoms with Gasteiger partial charge in [0.05, 0.1) is 17.3 Å². The normalized spacial score (nSPS) is 9.86. The first kappa shape index (κ1) is 11.1. The third-order valence-electron chi connectivity index (χ3n) is 1.88. The molecule has 0 unspecified atom stereocenters. The number of nitrogens with one attached hydrogen (secondary N) is 1. The van der Waals surface area contributed by atoms with Crippen molar-refractivity contribution in [2.45, 2.75) is 13.0 Å². The average molecular weight is 212 g/mol. The monoisotopic (exact) mass is 211 g/mol. The summed E-state index contributed by atoms with van der Waals surface area (Å²) in [6.45, 7) is 4.47. The summed E-state index contributed by atoms with van der Waals surface area (Å²) in [5.74, 6) is 0. The summed E-state index contributed by atoms with van der Waals surface area (Å²) in [5.41, 5.74) is 1.72. The second kappa shape index (κ2) is 5.68. The minimum atomic E-state index is 0.0350. The predicted molar refractivity (Wildman–Crippen MR) is 60.7 cm³/mol. The first-order valence-corrected chi connectivity index (χ1v) is 4.89. The lowest BCUT2D eigenvalue weighted by Gasteiger charge is -2.08. The zero-order valence-corrected chi connectivity index (χ0v) is 8.72. The number of hydrogen-bond acceptors (Lipinski definition) is 2. The fraction of sp³-hybridized carbons (Fsp3) is 0.273. The smallest absolute Gasteiger partial charge is 0.0682 e. The zero-order chi connectivity index (χ0) is 10.4. The fourth-order valence-electron chi connectivity index (χ4n) is 1.12. The summed E-state index contributed by atoms with van der Waals surface area (Å²) >= 11 is 5.96. The molecule has 0 heterocycles. The molecule has 0 aliphatic rings. The van der Waals surface area contributed by atoms with Gasteiger partial charge in [-0.15, -0.1) is 6.58 Å². The molecule has 0 aliphatic carbocycles. The van der Waals surface area contributed by atoms with Crippen LogP contribution in [0.15, 0.2) is 30.9 Å². The maximum absolute atomic E-state index is 8.94. The second-order valence-electron chi connectivity index (χ2n) is 2.98. The molecular weight excluding hydrogens is 198 g/mol. The van der Waals surface area contributed by atoms with Crippen molar-refractivity contribution in [1.29, 1.82) is 0 Å².